The van der Waals surface area contributed by atoms with E-state index in [9.17, 15) is 9.59 Å². The summed E-state index contributed by atoms with van der Waals surface area (Å²) in [7, 11) is 0. The molecule has 0 unspecified atom stereocenters. The number of hydrogen-bond acceptors (Lipinski definition) is 4. The Kier molecular flexibility index (Phi) is 5.42. The number of fused-ring (bicyclic) bond motifs is 1. The van der Waals surface area contributed by atoms with Crippen LogP contribution in [0.5, 0.6) is 0 Å². The van der Waals surface area contributed by atoms with Gasteiger partial charge in [0.05, 0.1) is 11.9 Å². The van der Waals surface area contributed by atoms with Gasteiger partial charge < -0.3 is 5.32 Å². The summed E-state index contributed by atoms with van der Waals surface area (Å²) in [6.45, 7) is 8.02. The average Bonchev–Trinajstić information content (AvgIpc) is 3.15. The second-order valence-electron chi connectivity index (χ2n) is 7.79. The third kappa shape index (κ3) is 3.99. The predicted octanol–water partition coefficient (Wildman–Crippen LogP) is 3.84. The van der Waals surface area contributed by atoms with E-state index in [0.717, 1.165) is 28.1 Å². The highest BCUT2D eigenvalue weighted by atomic mass is 16.2. The van der Waals surface area contributed by atoms with Crippen molar-refractivity contribution < 1.29 is 4.79 Å². The summed E-state index contributed by atoms with van der Waals surface area (Å²) in [6.07, 6.45) is 1.71. The second kappa shape index (κ2) is 8.18. The molecule has 0 aliphatic carbocycles. The summed E-state index contributed by atoms with van der Waals surface area (Å²) < 4.78 is 3.20. The van der Waals surface area contributed by atoms with E-state index in [-0.39, 0.29) is 24.4 Å². The zero-order chi connectivity index (χ0) is 22.1. The van der Waals surface area contributed by atoms with E-state index in [1.807, 2.05) is 63.2 Å². The normalized spacial score (nSPS) is 11.1. The van der Waals surface area contributed by atoms with Gasteiger partial charge >= 0.3 is 0 Å². The number of carbonyl (C=O) groups excluding carboxylic acids is 1. The van der Waals surface area contributed by atoms with Crippen LogP contribution in [0, 0.1) is 27.7 Å². The van der Waals surface area contributed by atoms with Crippen LogP contribution in [0.3, 0.4) is 0 Å². The molecule has 0 fully saturated rings. The Morgan fingerprint density at radius 1 is 1.03 bits per heavy atom. The number of nitrogens with zero attached hydrogens (tertiary/aromatic N) is 4. The van der Waals surface area contributed by atoms with Crippen LogP contribution in [-0.4, -0.2) is 25.2 Å². The van der Waals surface area contributed by atoms with Crippen LogP contribution in [0.25, 0.3) is 16.7 Å². The standard InChI is InChI=1S/C24H25N5O2/c1-15-8-10-19(11-9-15)29-23-20(14-25-29)24(31)28(18(4)26-23)13-12-22(30)27-21-7-5-6-16(2)17(21)3/h5-11,14H,12-13H2,1-4H3,(H,27,30). The molecule has 0 aliphatic rings. The molecule has 7 nitrogen and oxygen atoms in total. The van der Waals surface area contributed by atoms with Crippen molar-refractivity contribution in [3.8, 4) is 5.69 Å². The van der Waals surface area contributed by atoms with Gasteiger partial charge in [-0.25, -0.2) is 9.67 Å². The fourth-order valence-corrected chi connectivity index (χ4v) is 3.56. The number of carbonyl (C=O) groups is 1. The molecular weight excluding hydrogens is 390 g/mol. The highest BCUT2D eigenvalue weighted by Crippen LogP contribution is 2.18. The third-order valence-electron chi connectivity index (χ3n) is 5.60. The van der Waals surface area contributed by atoms with E-state index < -0.39 is 0 Å². The lowest BCUT2D eigenvalue weighted by atomic mass is 10.1. The number of nitrogens with one attached hydrogen (secondary N) is 1. The van der Waals surface area contributed by atoms with E-state index in [1.165, 1.54) is 10.8 Å². The Hall–Kier alpha value is -3.74. The maximum absolute atomic E-state index is 13.1. The Morgan fingerprint density at radius 2 is 1.77 bits per heavy atom. The quantitative estimate of drug-likeness (QED) is 0.537. The van der Waals surface area contributed by atoms with Crippen LogP contribution in [0.2, 0.25) is 0 Å². The summed E-state index contributed by atoms with van der Waals surface area (Å²) >= 11 is 0. The first-order chi connectivity index (χ1) is 14.8. The molecular formula is C24H25N5O2. The van der Waals surface area contributed by atoms with E-state index >= 15 is 0 Å². The average molecular weight is 415 g/mol. The monoisotopic (exact) mass is 415 g/mol. The molecule has 0 saturated carbocycles. The van der Waals surface area contributed by atoms with Gasteiger partial charge in [-0.15, -0.1) is 0 Å². The number of anilines is 1. The summed E-state index contributed by atoms with van der Waals surface area (Å²) in [4.78, 5) is 30.2. The SMILES string of the molecule is Cc1ccc(-n2ncc3c(=O)n(CCC(=O)Nc4cccc(C)c4C)c(C)nc32)cc1. The van der Waals surface area contributed by atoms with Crippen molar-refractivity contribution in [1.29, 1.82) is 0 Å². The molecule has 0 atom stereocenters. The number of hydrogen-bond donors (Lipinski definition) is 1. The lowest BCUT2D eigenvalue weighted by Crippen LogP contribution is -2.26. The zero-order valence-corrected chi connectivity index (χ0v) is 18.1. The van der Waals surface area contributed by atoms with Crippen LogP contribution in [0.1, 0.15) is 28.9 Å². The topological polar surface area (TPSA) is 81.8 Å². The van der Waals surface area contributed by atoms with Crippen molar-refractivity contribution in [2.24, 2.45) is 0 Å². The molecule has 2 heterocycles. The lowest BCUT2D eigenvalue weighted by molar-refractivity contribution is -0.116. The number of rotatable bonds is 5. The van der Waals surface area contributed by atoms with Gasteiger partial charge in [0.1, 0.15) is 11.2 Å². The third-order valence-corrected chi connectivity index (χ3v) is 5.60. The molecule has 4 rings (SSSR count). The number of aryl methyl sites for hydroxylation is 3. The first kappa shape index (κ1) is 20.5. The molecule has 0 aliphatic heterocycles. The summed E-state index contributed by atoms with van der Waals surface area (Å²) in [5.41, 5.74) is 5.26. The lowest BCUT2D eigenvalue weighted by Gasteiger charge is -2.12. The van der Waals surface area contributed by atoms with Crippen molar-refractivity contribution in [1.82, 2.24) is 19.3 Å². The molecule has 0 bridgehead atoms. The van der Waals surface area contributed by atoms with E-state index in [1.54, 1.807) is 11.6 Å². The van der Waals surface area contributed by atoms with Crippen molar-refractivity contribution in [2.45, 2.75) is 40.7 Å². The molecule has 2 aromatic carbocycles. The molecule has 2 aromatic heterocycles. The largest absolute Gasteiger partial charge is 0.326 e. The number of aromatic nitrogens is 4. The van der Waals surface area contributed by atoms with E-state index in [0.29, 0.717) is 16.9 Å². The van der Waals surface area contributed by atoms with Gasteiger partial charge in [-0.3, -0.25) is 14.2 Å². The van der Waals surface area contributed by atoms with Crippen molar-refractivity contribution in [3.63, 3.8) is 0 Å². The molecule has 4 aromatic rings. The first-order valence-electron chi connectivity index (χ1n) is 10.2. The minimum Gasteiger partial charge on any atom is -0.326 e. The molecule has 0 spiro atoms. The van der Waals surface area contributed by atoms with Crippen molar-refractivity contribution in [2.75, 3.05) is 5.32 Å². The highest BCUT2D eigenvalue weighted by Gasteiger charge is 2.15. The second-order valence-corrected chi connectivity index (χ2v) is 7.79. The highest BCUT2D eigenvalue weighted by molar-refractivity contribution is 5.91. The maximum atomic E-state index is 13.1. The zero-order valence-electron chi connectivity index (χ0n) is 18.1. The molecule has 7 heteroatoms. The maximum Gasteiger partial charge on any atom is 0.264 e. The molecule has 0 saturated heterocycles. The summed E-state index contributed by atoms with van der Waals surface area (Å²) in [5.74, 6) is 0.404. The van der Waals surface area contributed by atoms with Gasteiger partial charge in [0.25, 0.3) is 5.56 Å². The van der Waals surface area contributed by atoms with Gasteiger partial charge in [-0.1, -0.05) is 29.8 Å². The Labute approximate surface area is 180 Å². The first-order valence-corrected chi connectivity index (χ1v) is 10.2. The Balaban J connectivity index is 1.57. The molecule has 0 radical (unpaired) electrons. The minimum atomic E-state index is -0.194. The molecule has 1 N–H and O–H groups in total. The fraction of sp³-hybridized carbons (Fsp3) is 0.250. The van der Waals surface area contributed by atoms with Crippen LogP contribution < -0.4 is 10.9 Å². The van der Waals surface area contributed by atoms with Crippen LogP contribution in [0.15, 0.2) is 53.5 Å². The Morgan fingerprint density at radius 3 is 2.52 bits per heavy atom. The van der Waals surface area contributed by atoms with Gasteiger partial charge in [0, 0.05) is 18.7 Å². The minimum absolute atomic E-state index is 0.143. The van der Waals surface area contributed by atoms with Gasteiger partial charge in [0.2, 0.25) is 5.91 Å². The van der Waals surface area contributed by atoms with Gasteiger partial charge in [-0.2, -0.15) is 5.10 Å². The predicted molar refractivity (Wildman–Crippen MR) is 122 cm³/mol. The van der Waals surface area contributed by atoms with Crippen LogP contribution >= 0.6 is 0 Å². The summed E-state index contributed by atoms with van der Waals surface area (Å²) in [6, 6.07) is 13.7. The number of amides is 1. The molecule has 158 valence electrons. The number of benzene rings is 2. The van der Waals surface area contributed by atoms with E-state index in [4.69, 9.17) is 0 Å². The Bertz CT molecular complexity index is 1330. The van der Waals surface area contributed by atoms with E-state index in [2.05, 4.69) is 15.4 Å². The fourth-order valence-electron chi connectivity index (χ4n) is 3.56. The van der Waals surface area contributed by atoms with Crippen molar-refractivity contribution in [3.05, 3.63) is 81.5 Å². The van der Waals surface area contributed by atoms with Gasteiger partial charge in [-0.05, 0) is 57.0 Å². The smallest absolute Gasteiger partial charge is 0.264 e. The van der Waals surface area contributed by atoms with Crippen LogP contribution in [0.4, 0.5) is 5.69 Å². The van der Waals surface area contributed by atoms with Crippen molar-refractivity contribution >= 4 is 22.6 Å². The molecule has 1 amide bonds. The van der Waals surface area contributed by atoms with Crippen LogP contribution in [-0.2, 0) is 11.3 Å². The van der Waals surface area contributed by atoms with Gasteiger partial charge in [0.15, 0.2) is 5.65 Å². The summed E-state index contributed by atoms with van der Waals surface area (Å²) in [5, 5.41) is 7.74. The molecule has 31 heavy (non-hydrogen) atoms.